The van der Waals surface area contributed by atoms with Gasteiger partial charge in [0.2, 0.25) is 0 Å². The summed E-state index contributed by atoms with van der Waals surface area (Å²) in [4.78, 5) is 22.1. The maximum absolute atomic E-state index is 11.3. The molecule has 17 heavy (non-hydrogen) atoms. The molecular weight excluding hydrogens is 222 g/mol. The third-order valence-electron chi connectivity index (χ3n) is 2.50. The zero-order chi connectivity index (χ0) is 12.8. The topological polar surface area (TPSA) is 76.0 Å². The van der Waals surface area contributed by atoms with Gasteiger partial charge in [-0.05, 0) is 24.6 Å². The van der Waals surface area contributed by atoms with Crippen LogP contribution in [0, 0.1) is 4.91 Å². The van der Waals surface area contributed by atoms with E-state index in [1.54, 1.807) is 0 Å². The van der Waals surface area contributed by atoms with Gasteiger partial charge in [0.25, 0.3) is 0 Å². The van der Waals surface area contributed by atoms with Crippen molar-refractivity contribution in [2.24, 2.45) is 5.18 Å². The van der Waals surface area contributed by atoms with E-state index in [-0.39, 0.29) is 5.75 Å². The summed E-state index contributed by atoms with van der Waals surface area (Å²) in [5.41, 5.74) is 0.662. The van der Waals surface area contributed by atoms with Crippen LogP contribution in [-0.2, 0) is 4.74 Å². The molecule has 0 saturated carbocycles. The van der Waals surface area contributed by atoms with Crippen LogP contribution in [0.15, 0.2) is 23.4 Å². The molecule has 0 fully saturated rings. The molecule has 0 aromatic heterocycles. The number of nitrogens with zero attached hydrogens (tertiary/aromatic N) is 1. The monoisotopic (exact) mass is 237 g/mol. The van der Waals surface area contributed by atoms with Gasteiger partial charge in [-0.15, -0.1) is 0 Å². The molecule has 1 aromatic carbocycles. The quantitative estimate of drug-likeness (QED) is 0.631. The summed E-state index contributed by atoms with van der Waals surface area (Å²) in [5, 5.41) is 12.6. The number of carbonyl (C=O) groups is 1. The first-order valence-corrected chi connectivity index (χ1v) is 5.37. The standard InChI is InChI=1S/C12H15NO4/c1-3-4-10(13-16)9-7-8(12(15)17-2)5-6-11(9)14/h5-7,10,14H,3-4H2,1-2H3. The molecule has 5 heteroatoms. The maximum atomic E-state index is 11.3. The van der Waals surface area contributed by atoms with Crippen molar-refractivity contribution >= 4 is 5.97 Å². The number of nitroso groups, excluding NO2 is 1. The number of phenolic OH excluding ortho intramolecular Hbond substituents is 1. The van der Waals surface area contributed by atoms with Gasteiger partial charge in [0.05, 0.1) is 12.7 Å². The molecular formula is C12H15NO4. The normalized spacial score (nSPS) is 11.9. The molecule has 92 valence electrons. The second kappa shape index (κ2) is 5.98. The van der Waals surface area contributed by atoms with Gasteiger partial charge in [-0.3, -0.25) is 0 Å². The molecule has 0 amide bonds. The molecule has 0 heterocycles. The Bertz CT molecular complexity index is 417. The smallest absolute Gasteiger partial charge is 0.337 e. The van der Waals surface area contributed by atoms with Gasteiger partial charge in [-0.2, -0.15) is 4.91 Å². The van der Waals surface area contributed by atoms with E-state index in [2.05, 4.69) is 9.91 Å². The fraction of sp³-hybridized carbons (Fsp3) is 0.417. The van der Waals surface area contributed by atoms with Crippen LogP contribution in [0.5, 0.6) is 5.75 Å². The van der Waals surface area contributed by atoms with Crippen LogP contribution in [0.3, 0.4) is 0 Å². The largest absolute Gasteiger partial charge is 0.508 e. The molecule has 0 bridgehead atoms. The summed E-state index contributed by atoms with van der Waals surface area (Å²) in [7, 11) is 1.27. The minimum Gasteiger partial charge on any atom is -0.508 e. The number of rotatable bonds is 5. The molecule has 1 rings (SSSR count). The molecule has 0 radical (unpaired) electrons. The van der Waals surface area contributed by atoms with Crippen LogP contribution in [0.2, 0.25) is 0 Å². The van der Waals surface area contributed by atoms with Crippen molar-refractivity contribution < 1.29 is 14.6 Å². The van der Waals surface area contributed by atoms with Crippen LogP contribution in [-0.4, -0.2) is 18.2 Å². The molecule has 5 nitrogen and oxygen atoms in total. The van der Waals surface area contributed by atoms with E-state index in [4.69, 9.17) is 0 Å². The second-order valence-electron chi connectivity index (χ2n) is 3.68. The van der Waals surface area contributed by atoms with Crippen LogP contribution < -0.4 is 0 Å². The van der Waals surface area contributed by atoms with Crippen molar-refractivity contribution in [2.45, 2.75) is 25.8 Å². The number of hydrogen-bond acceptors (Lipinski definition) is 5. The number of carbonyl (C=O) groups excluding carboxylic acids is 1. The van der Waals surface area contributed by atoms with E-state index < -0.39 is 12.0 Å². The summed E-state index contributed by atoms with van der Waals surface area (Å²) < 4.78 is 4.58. The van der Waals surface area contributed by atoms with E-state index in [0.29, 0.717) is 17.5 Å². The molecule has 0 aliphatic rings. The van der Waals surface area contributed by atoms with E-state index in [0.717, 1.165) is 6.42 Å². The van der Waals surface area contributed by atoms with Gasteiger partial charge in [0.1, 0.15) is 11.8 Å². The second-order valence-corrected chi connectivity index (χ2v) is 3.68. The zero-order valence-electron chi connectivity index (χ0n) is 9.84. The molecule has 1 atom stereocenters. The lowest BCUT2D eigenvalue weighted by Gasteiger charge is -2.11. The molecule has 1 N–H and O–H groups in total. The minimum absolute atomic E-state index is 0.0318. The third kappa shape index (κ3) is 3.03. The van der Waals surface area contributed by atoms with Crippen molar-refractivity contribution in [1.82, 2.24) is 0 Å². The number of aromatic hydroxyl groups is 1. The molecule has 1 unspecified atom stereocenters. The Labute approximate surface area is 99.4 Å². The van der Waals surface area contributed by atoms with Crippen molar-refractivity contribution in [3.05, 3.63) is 34.2 Å². The maximum Gasteiger partial charge on any atom is 0.337 e. The summed E-state index contributed by atoms with van der Waals surface area (Å²) in [6, 6.07) is 3.63. The van der Waals surface area contributed by atoms with Gasteiger partial charge in [0, 0.05) is 5.56 Å². The number of esters is 1. The molecule has 0 saturated heterocycles. The highest BCUT2D eigenvalue weighted by molar-refractivity contribution is 5.89. The Hall–Kier alpha value is -1.91. The van der Waals surface area contributed by atoms with Gasteiger partial charge in [0.15, 0.2) is 0 Å². The predicted octanol–water partition coefficient (Wildman–Crippen LogP) is 2.79. The van der Waals surface area contributed by atoms with Crippen molar-refractivity contribution in [3.8, 4) is 5.75 Å². The minimum atomic E-state index is -0.635. The average molecular weight is 237 g/mol. The van der Waals surface area contributed by atoms with Crippen molar-refractivity contribution in [3.63, 3.8) is 0 Å². The van der Waals surface area contributed by atoms with Crippen LogP contribution in [0.25, 0.3) is 0 Å². The Balaban J connectivity index is 3.12. The Morgan fingerprint density at radius 3 is 2.76 bits per heavy atom. The number of methoxy groups -OCH3 is 1. The van der Waals surface area contributed by atoms with E-state index in [1.165, 1.54) is 25.3 Å². The molecule has 0 spiro atoms. The Kier molecular flexibility index (Phi) is 4.63. The first kappa shape index (κ1) is 13.2. The highest BCUT2D eigenvalue weighted by Gasteiger charge is 2.17. The molecule has 1 aromatic rings. The number of hydrogen-bond donors (Lipinski definition) is 1. The first-order valence-electron chi connectivity index (χ1n) is 5.37. The molecule has 0 aliphatic carbocycles. The Morgan fingerprint density at radius 2 is 2.24 bits per heavy atom. The van der Waals surface area contributed by atoms with Crippen LogP contribution >= 0.6 is 0 Å². The van der Waals surface area contributed by atoms with Crippen LogP contribution in [0.1, 0.15) is 41.7 Å². The predicted molar refractivity (Wildman–Crippen MR) is 62.9 cm³/mol. The van der Waals surface area contributed by atoms with Crippen LogP contribution in [0.4, 0.5) is 0 Å². The Morgan fingerprint density at radius 1 is 1.53 bits per heavy atom. The summed E-state index contributed by atoms with van der Waals surface area (Å²) in [5.74, 6) is -0.539. The van der Waals surface area contributed by atoms with Crippen molar-refractivity contribution in [1.29, 1.82) is 0 Å². The average Bonchev–Trinajstić information content (AvgIpc) is 2.36. The summed E-state index contributed by atoms with van der Waals surface area (Å²) in [6.07, 6.45) is 1.29. The zero-order valence-corrected chi connectivity index (χ0v) is 9.84. The number of ether oxygens (including phenoxy) is 1. The van der Waals surface area contributed by atoms with Gasteiger partial charge in [-0.1, -0.05) is 18.5 Å². The summed E-state index contributed by atoms with van der Waals surface area (Å²) >= 11 is 0. The van der Waals surface area contributed by atoms with Crippen molar-refractivity contribution in [2.75, 3.05) is 7.11 Å². The lowest BCUT2D eigenvalue weighted by atomic mass is 10.00. The van der Waals surface area contributed by atoms with E-state index >= 15 is 0 Å². The number of benzene rings is 1. The lowest BCUT2D eigenvalue weighted by molar-refractivity contribution is 0.0600. The highest BCUT2D eigenvalue weighted by Crippen LogP contribution is 2.31. The fourth-order valence-corrected chi connectivity index (χ4v) is 1.60. The lowest BCUT2D eigenvalue weighted by Crippen LogP contribution is -2.03. The van der Waals surface area contributed by atoms with Gasteiger partial charge in [-0.25, -0.2) is 4.79 Å². The highest BCUT2D eigenvalue weighted by atomic mass is 16.5. The van der Waals surface area contributed by atoms with E-state index in [9.17, 15) is 14.8 Å². The fourth-order valence-electron chi connectivity index (χ4n) is 1.60. The SMILES string of the molecule is CCCC(N=O)c1cc(C(=O)OC)ccc1O. The van der Waals surface area contributed by atoms with Gasteiger partial charge >= 0.3 is 5.97 Å². The molecule has 0 aliphatic heterocycles. The first-order chi connectivity index (χ1) is 8.13. The van der Waals surface area contributed by atoms with E-state index in [1.807, 2.05) is 6.92 Å². The number of phenols is 1. The summed E-state index contributed by atoms with van der Waals surface area (Å²) in [6.45, 7) is 1.92. The van der Waals surface area contributed by atoms with Gasteiger partial charge < -0.3 is 9.84 Å². The third-order valence-corrected chi connectivity index (χ3v) is 2.50.